The minimum atomic E-state index is -0.362. The third kappa shape index (κ3) is 2.91. The fraction of sp³-hybridized carbons (Fsp3) is 0.588. The molecule has 2 heterocycles. The van der Waals surface area contributed by atoms with Gasteiger partial charge in [0.2, 0.25) is 5.91 Å². The summed E-state index contributed by atoms with van der Waals surface area (Å²) in [5, 5.41) is 8.93. The molecule has 0 radical (unpaired) electrons. The molecule has 2 fully saturated rings. The molecule has 1 unspecified atom stereocenters. The number of benzene rings is 1. The van der Waals surface area contributed by atoms with Crippen LogP contribution in [0, 0.1) is 12.8 Å². The summed E-state index contributed by atoms with van der Waals surface area (Å²) in [6.07, 6.45) is 3.73. The molecule has 0 aliphatic carbocycles. The monoisotopic (exact) mass is 288 g/mol. The van der Waals surface area contributed by atoms with Gasteiger partial charge in [-0.1, -0.05) is 12.1 Å². The summed E-state index contributed by atoms with van der Waals surface area (Å²) >= 11 is 0. The van der Waals surface area contributed by atoms with E-state index < -0.39 is 0 Å². The van der Waals surface area contributed by atoms with Gasteiger partial charge in [-0.05, 0) is 43.9 Å². The lowest BCUT2D eigenvalue weighted by Gasteiger charge is -2.49. The van der Waals surface area contributed by atoms with Crippen molar-refractivity contribution >= 4 is 11.6 Å². The summed E-state index contributed by atoms with van der Waals surface area (Å²) in [5.41, 5.74) is 2.61. The molecule has 1 amide bonds. The highest BCUT2D eigenvalue weighted by Crippen LogP contribution is 2.33. The van der Waals surface area contributed by atoms with Crippen molar-refractivity contribution in [3.63, 3.8) is 0 Å². The van der Waals surface area contributed by atoms with E-state index in [4.69, 9.17) is 5.11 Å². The smallest absolute Gasteiger partial charge is 0.248 e. The van der Waals surface area contributed by atoms with E-state index >= 15 is 0 Å². The number of anilines is 1. The van der Waals surface area contributed by atoms with E-state index in [9.17, 15) is 4.79 Å². The first-order valence-electron chi connectivity index (χ1n) is 7.91. The molecule has 1 atom stereocenters. The SMILES string of the molecule is Cc1cccc(N2CCCCC2C2CN(C(=O)CO)C2)c1. The number of carbonyl (C=O) groups excluding carboxylic acids is 1. The third-order valence-corrected chi connectivity index (χ3v) is 4.82. The zero-order valence-electron chi connectivity index (χ0n) is 12.7. The average Bonchev–Trinajstić information content (AvgIpc) is 2.46. The maximum atomic E-state index is 11.5. The number of hydrogen-bond acceptors (Lipinski definition) is 3. The molecule has 0 aromatic heterocycles. The van der Waals surface area contributed by atoms with Crippen molar-refractivity contribution in [3.05, 3.63) is 29.8 Å². The van der Waals surface area contributed by atoms with Crippen LogP contribution in [0.4, 0.5) is 5.69 Å². The summed E-state index contributed by atoms with van der Waals surface area (Å²) in [6, 6.07) is 9.24. The van der Waals surface area contributed by atoms with Crippen LogP contribution in [0.1, 0.15) is 24.8 Å². The van der Waals surface area contributed by atoms with Crippen molar-refractivity contribution in [2.45, 2.75) is 32.2 Å². The van der Waals surface area contributed by atoms with E-state index in [-0.39, 0.29) is 12.5 Å². The van der Waals surface area contributed by atoms with Gasteiger partial charge < -0.3 is 14.9 Å². The average molecular weight is 288 g/mol. The zero-order chi connectivity index (χ0) is 14.8. The van der Waals surface area contributed by atoms with Crippen LogP contribution >= 0.6 is 0 Å². The normalized spacial score (nSPS) is 23.0. The maximum Gasteiger partial charge on any atom is 0.248 e. The van der Waals surface area contributed by atoms with Crippen molar-refractivity contribution in [3.8, 4) is 0 Å². The fourth-order valence-corrected chi connectivity index (χ4v) is 3.63. The summed E-state index contributed by atoms with van der Waals surface area (Å²) in [7, 11) is 0. The van der Waals surface area contributed by atoms with Gasteiger partial charge in [-0.25, -0.2) is 0 Å². The van der Waals surface area contributed by atoms with Crippen LogP contribution in [0.2, 0.25) is 0 Å². The molecular formula is C17H24N2O2. The summed E-state index contributed by atoms with van der Waals surface area (Å²) < 4.78 is 0. The largest absolute Gasteiger partial charge is 0.387 e. The number of aryl methyl sites for hydroxylation is 1. The summed E-state index contributed by atoms with van der Waals surface area (Å²) in [4.78, 5) is 15.8. The quantitative estimate of drug-likeness (QED) is 0.922. The van der Waals surface area contributed by atoms with Crippen LogP contribution < -0.4 is 4.90 Å². The number of aliphatic hydroxyl groups excluding tert-OH is 1. The van der Waals surface area contributed by atoms with Crippen LogP contribution in [-0.2, 0) is 4.79 Å². The Labute approximate surface area is 126 Å². The van der Waals surface area contributed by atoms with E-state index in [1.54, 1.807) is 4.90 Å². The first-order chi connectivity index (χ1) is 10.2. The van der Waals surface area contributed by atoms with Crippen molar-refractivity contribution in [1.29, 1.82) is 0 Å². The second-order valence-corrected chi connectivity index (χ2v) is 6.31. The number of amides is 1. The Morgan fingerprint density at radius 3 is 2.86 bits per heavy atom. The van der Waals surface area contributed by atoms with Gasteiger partial charge in [0.15, 0.2) is 0 Å². The number of aliphatic hydroxyl groups is 1. The van der Waals surface area contributed by atoms with Gasteiger partial charge in [0.05, 0.1) is 0 Å². The molecule has 4 nitrogen and oxygen atoms in total. The summed E-state index contributed by atoms with van der Waals surface area (Å²) in [5.74, 6) is 0.408. The Morgan fingerprint density at radius 1 is 1.33 bits per heavy atom. The Kier molecular flexibility index (Phi) is 4.15. The molecule has 3 rings (SSSR count). The van der Waals surface area contributed by atoms with Crippen LogP contribution in [0.15, 0.2) is 24.3 Å². The molecule has 1 aromatic rings. The highest BCUT2D eigenvalue weighted by atomic mass is 16.3. The molecule has 2 saturated heterocycles. The highest BCUT2D eigenvalue weighted by molar-refractivity contribution is 5.78. The molecule has 1 N–H and O–H groups in total. The lowest BCUT2D eigenvalue weighted by molar-refractivity contribution is -0.141. The van der Waals surface area contributed by atoms with Gasteiger partial charge in [0.25, 0.3) is 0 Å². The van der Waals surface area contributed by atoms with E-state index in [0.29, 0.717) is 12.0 Å². The van der Waals surface area contributed by atoms with E-state index in [0.717, 1.165) is 19.6 Å². The third-order valence-electron chi connectivity index (χ3n) is 4.82. The van der Waals surface area contributed by atoms with Gasteiger partial charge in [0.1, 0.15) is 6.61 Å². The number of rotatable bonds is 3. The standard InChI is InChI=1S/C17H24N2O2/c1-13-5-4-6-15(9-13)19-8-3-2-7-16(19)14-10-18(11-14)17(21)12-20/h4-6,9,14,16,20H,2-3,7-8,10-12H2,1H3. The predicted octanol–water partition coefficient (Wildman–Crippen LogP) is 1.80. The molecule has 21 heavy (non-hydrogen) atoms. The van der Waals surface area contributed by atoms with E-state index in [1.807, 2.05) is 0 Å². The minimum absolute atomic E-state index is 0.135. The number of piperidine rings is 1. The number of nitrogens with zero attached hydrogens (tertiary/aromatic N) is 2. The lowest BCUT2D eigenvalue weighted by Crippen LogP contribution is -2.60. The number of hydrogen-bond donors (Lipinski definition) is 1. The molecule has 0 spiro atoms. The highest BCUT2D eigenvalue weighted by Gasteiger charge is 2.39. The number of likely N-dealkylation sites (tertiary alicyclic amines) is 1. The van der Waals surface area contributed by atoms with Crippen LogP contribution in [-0.4, -0.2) is 48.2 Å². The predicted molar refractivity (Wildman–Crippen MR) is 83.3 cm³/mol. The Morgan fingerprint density at radius 2 is 2.14 bits per heavy atom. The van der Waals surface area contributed by atoms with Gasteiger partial charge in [-0.15, -0.1) is 0 Å². The van der Waals surface area contributed by atoms with Crippen LogP contribution in [0.5, 0.6) is 0 Å². The first kappa shape index (κ1) is 14.4. The molecule has 0 saturated carbocycles. The molecule has 2 aliphatic rings. The zero-order valence-corrected chi connectivity index (χ0v) is 12.7. The molecule has 1 aromatic carbocycles. The Hall–Kier alpha value is -1.55. The lowest BCUT2D eigenvalue weighted by atomic mass is 9.84. The van der Waals surface area contributed by atoms with E-state index in [1.165, 1.54) is 30.5 Å². The van der Waals surface area contributed by atoms with Crippen molar-refractivity contribution < 1.29 is 9.90 Å². The minimum Gasteiger partial charge on any atom is -0.387 e. The van der Waals surface area contributed by atoms with Gasteiger partial charge in [0, 0.05) is 37.3 Å². The summed E-state index contributed by atoms with van der Waals surface area (Å²) in [6.45, 7) is 4.48. The molecule has 4 heteroatoms. The Bertz CT molecular complexity index is 511. The molecule has 114 valence electrons. The number of carbonyl (C=O) groups is 1. The Balaban J connectivity index is 1.70. The first-order valence-corrected chi connectivity index (χ1v) is 7.91. The second kappa shape index (κ2) is 6.06. The van der Waals surface area contributed by atoms with E-state index in [2.05, 4.69) is 36.1 Å². The van der Waals surface area contributed by atoms with Crippen molar-refractivity contribution in [1.82, 2.24) is 4.90 Å². The van der Waals surface area contributed by atoms with Crippen molar-refractivity contribution in [2.24, 2.45) is 5.92 Å². The van der Waals surface area contributed by atoms with Crippen LogP contribution in [0.3, 0.4) is 0 Å². The van der Waals surface area contributed by atoms with Crippen molar-refractivity contribution in [2.75, 3.05) is 31.1 Å². The van der Waals surface area contributed by atoms with Gasteiger partial charge >= 0.3 is 0 Å². The molecule has 0 bridgehead atoms. The van der Waals surface area contributed by atoms with Crippen LogP contribution in [0.25, 0.3) is 0 Å². The second-order valence-electron chi connectivity index (χ2n) is 6.31. The topological polar surface area (TPSA) is 43.8 Å². The molecular weight excluding hydrogens is 264 g/mol. The van der Waals surface area contributed by atoms with Gasteiger partial charge in [-0.3, -0.25) is 4.79 Å². The molecule has 2 aliphatic heterocycles. The van der Waals surface area contributed by atoms with Gasteiger partial charge in [-0.2, -0.15) is 0 Å². The fourth-order valence-electron chi connectivity index (χ4n) is 3.63. The maximum absolute atomic E-state index is 11.5.